The molecule has 0 saturated heterocycles. The lowest BCUT2D eigenvalue weighted by atomic mass is 10.2. The smallest absolute Gasteiger partial charge is 0.330 e. The highest BCUT2D eigenvalue weighted by Crippen LogP contribution is 2.29. The van der Waals surface area contributed by atoms with Crippen molar-refractivity contribution in [3.63, 3.8) is 0 Å². The topological polar surface area (TPSA) is 80.0 Å². The first-order chi connectivity index (χ1) is 13.5. The Morgan fingerprint density at radius 2 is 1.82 bits per heavy atom. The largest absolute Gasteiger partial charge is 0.451 e. The molecule has 0 aliphatic carbocycles. The Hall–Kier alpha value is -3.51. The molecular formula is C21H16ClN3O3. The van der Waals surface area contributed by atoms with Gasteiger partial charge in [0.05, 0.1) is 16.4 Å². The fraction of sp³-hybridized carbons (Fsp3) is 0.0476. The van der Waals surface area contributed by atoms with E-state index in [-0.39, 0.29) is 11.4 Å². The number of anilines is 1. The van der Waals surface area contributed by atoms with Crippen molar-refractivity contribution >= 4 is 23.2 Å². The van der Waals surface area contributed by atoms with Gasteiger partial charge >= 0.3 is 5.69 Å². The Balaban J connectivity index is 1.64. The first kappa shape index (κ1) is 17.9. The number of nitrogens with one attached hydrogen (secondary N) is 2. The van der Waals surface area contributed by atoms with Gasteiger partial charge < -0.3 is 14.7 Å². The van der Waals surface area contributed by atoms with E-state index < -0.39 is 5.91 Å². The van der Waals surface area contributed by atoms with Gasteiger partial charge in [0.15, 0.2) is 5.76 Å². The standard InChI is InChI=1S/C21H16ClN3O3/c1-13-12-23-21(27)25(13)17-9-5-4-8-16(17)24-20(26)19-11-10-18(28-19)14-6-2-3-7-15(14)22/h2-12H,1H3,(H,23,27)(H,24,26). The number of rotatable bonds is 4. The molecular weight excluding hydrogens is 378 g/mol. The summed E-state index contributed by atoms with van der Waals surface area (Å²) in [6.07, 6.45) is 1.61. The van der Waals surface area contributed by atoms with Crippen LogP contribution in [-0.2, 0) is 0 Å². The zero-order valence-corrected chi connectivity index (χ0v) is 15.7. The lowest BCUT2D eigenvalue weighted by Crippen LogP contribution is -2.19. The number of hydrogen-bond acceptors (Lipinski definition) is 3. The van der Waals surface area contributed by atoms with Crippen molar-refractivity contribution in [3.05, 3.63) is 93.8 Å². The molecule has 0 bridgehead atoms. The maximum Gasteiger partial charge on any atom is 0.330 e. The molecule has 2 N–H and O–H groups in total. The molecule has 4 aromatic rings. The molecule has 2 aromatic carbocycles. The lowest BCUT2D eigenvalue weighted by molar-refractivity contribution is 0.0997. The number of hydrogen-bond donors (Lipinski definition) is 2. The van der Waals surface area contributed by atoms with Gasteiger partial charge in [0.25, 0.3) is 5.91 Å². The summed E-state index contributed by atoms with van der Waals surface area (Å²) < 4.78 is 7.18. The molecule has 140 valence electrons. The van der Waals surface area contributed by atoms with Crippen LogP contribution in [0.25, 0.3) is 17.0 Å². The Bertz CT molecular complexity index is 1220. The highest BCUT2D eigenvalue weighted by Gasteiger charge is 2.17. The average molecular weight is 394 g/mol. The third-order valence-electron chi connectivity index (χ3n) is 4.32. The molecule has 0 unspecified atom stereocenters. The van der Waals surface area contributed by atoms with Crippen molar-refractivity contribution in [1.82, 2.24) is 9.55 Å². The predicted molar refractivity (Wildman–Crippen MR) is 108 cm³/mol. The average Bonchev–Trinajstić information content (AvgIpc) is 3.30. The zero-order valence-electron chi connectivity index (χ0n) is 14.9. The van der Waals surface area contributed by atoms with Crippen LogP contribution in [0.1, 0.15) is 16.2 Å². The van der Waals surface area contributed by atoms with Gasteiger partial charge in [-0.25, -0.2) is 4.79 Å². The number of para-hydroxylation sites is 2. The van der Waals surface area contributed by atoms with E-state index in [2.05, 4.69) is 10.3 Å². The number of aromatic nitrogens is 2. The molecule has 0 fully saturated rings. The summed E-state index contributed by atoms with van der Waals surface area (Å²) in [6.45, 7) is 1.80. The second-order valence-electron chi connectivity index (χ2n) is 6.19. The van der Waals surface area contributed by atoms with Crippen LogP contribution in [-0.4, -0.2) is 15.5 Å². The maximum atomic E-state index is 12.7. The van der Waals surface area contributed by atoms with E-state index in [1.807, 2.05) is 18.2 Å². The number of benzene rings is 2. The minimum Gasteiger partial charge on any atom is -0.451 e. The SMILES string of the molecule is Cc1c[nH]c(=O)n1-c1ccccc1NC(=O)c1ccc(-c2ccccc2Cl)o1. The second kappa shape index (κ2) is 7.25. The van der Waals surface area contributed by atoms with Gasteiger partial charge in [0.1, 0.15) is 5.76 Å². The number of carbonyl (C=O) groups excluding carboxylic acids is 1. The van der Waals surface area contributed by atoms with Crippen LogP contribution in [0.4, 0.5) is 5.69 Å². The zero-order chi connectivity index (χ0) is 19.7. The quantitative estimate of drug-likeness (QED) is 0.530. The molecule has 1 amide bonds. The van der Waals surface area contributed by atoms with Crippen LogP contribution in [0.15, 0.2) is 76.1 Å². The van der Waals surface area contributed by atoms with Crippen LogP contribution < -0.4 is 11.0 Å². The summed E-state index contributed by atoms with van der Waals surface area (Å²) >= 11 is 6.19. The molecule has 0 aliphatic rings. The van der Waals surface area contributed by atoms with Gasteiger partial charge in [-0.2, -0.15) is 0 Å². The normalized spacial score (nSPS) is 10.8. The van der Waals surface area contributed by atoms with E-state index in [1.54, 1.807) is 55.6 Å². The molecule has 6 nitrogen and oxygen atoms in total. The number of furan rings is 1. The van der Waals surface area contributed by atoms with E-state index in [9.17, 15) is 9.59 Å². The van der Waals surface area contributed by atoms with Crippen LogP contribution in [0.5, 0.6) is 0 Å². The number of imidazole rings is 1. The van der Waals surface area contributed by atoms with Gasteiger partial charge in [-0.1, -0.05) is 35.9 Å². The maximum absolute atomic E-state index is 12.7. The lowest BCUT2D eigenvalue weighted by Gasteiger charge is -2.11. The van der Waals surface area contributed by atoms with Crippen molar-refractivity contribution in [2.75, 3.05) is 5.32 Å². The third-order valence-corrected chi connectivity index (χ3v) is 4.65. The van der Waals surface area contributed by atoms with Crippen LogP contribution in [0, 0.1) is 6.92 Å². The molecule has 4 rings (SSSR count). The Kier molecular flexibility index (Phi) is 4.63. The molecule has 2 aromatic heterocycles. The Morgan fingerprint density at radius 3 is 2.57 bits per heavy atom. The van der Waals surface area contributed by atoms with Gasteiger partial charge in [-0.15, -0.1) is 0 Å². The van der Waals surface area contributed by atoms with Crippen molar-refractivity contribution in [2.45, 2.75) is 6.92 Å². The monoisotopic (exact) mass is 393 g/mol. The molecule has 7 heteroatoms. The minimum absolute atomic E-state index is 0.142. The molecule has 0 saturated carbocycles. The van der Waals surface area contributed by atoms with Gasteiger partial charge in [-0.05, 0) is 43.3 Å². The predicted octanol–water partition coefficient (Wildman–Crippen LogP) is 4.64. The number of halogens is 1. The summed E-state index contributed by atoms with van der Waals surface area (Å²) in [5.74, 6) is 0.219. The summed E-state index contributed by atoms with van der Waals surface area (Å²) in [5, 5.41) is 3.35. The summed E-state index contributed by atoms with van der Waals surface area (Å²) in [5.41, 5.74) is 2.22. The number of H-pyrrole nitrogens is 1. The number of amides is 1. The van der Waals surface area contributed by atoms with E-state index in [1.165, 1.54) is 4.57 Å². The molecule has 0 atom stereocenters. The molecule has 28 heavy (non-hydrogen) atoms. The Morgan fingerprint density at radius 1 is 1.07 bits per heavy atom. The van der Waals surface area contributed by atoms with Crippen molar-refractivity contribution in [3.8, 4) is 17.0 Å². The first-order valence-corrected chi connectivity index (χ1v) is 8.95. The fourth-order valence-corrected chi connectivity index (χ4v) is 3.21. The van der Waals surface area contributed by atoms with Crippen molar-refractivity contribution in [1.29, 1.82) is 0 Å². The van der Waals surface area contributed by atoms with Crippen molar-refractivity contribution < 1.29 is 9.21 Å². The highest BCUT2D eigenvalue weighted by molar-refractivity contribution is 6.33. The number of nitrogens with zero attached hydrogens (tertiary/aromatic N) is 1. The van der Waals surface area contributed by atoms with E-state index in [0.29, 0.717) is 27.7 Å². The summed E-state index contributed by atoms with van der Waals surface area (Å²) in [7, 11) is 0. The molecule has 0 aliphatic heterocycles. The highest BCUT2D eigenvalue weighted by atomic mass is 35.5. The molecule has 2 heterocycles. The van der Waals surface area contributed by atoms with Crippen LogP contribution >= 0.6 is 11.6 Å². The van der Waals surface area contributed by atoms with Crippen molar-refractivity contribution in [2.24, 2.45) is 0 Å². The van der Waals surface area contributed by atoms with E-state index in [0.717, 1.165) is 5.69 Å². The first-order valence-electron chi connectivity index (χ1n) is 8.57. The third kappa shape index (κ3) is 3.25. The van der Waals surface area contributed by atoms with E-state index >= 15 is 0 Å². The van der Waals surface area contributed by atoms with E-state index in [4.69, 9.17) is 16.0 Å². The summed E-state index contributed by atoms with van der Waals surface area (Å²) in [6, 6.07) is 17.6. The van der Waals surface area contributed by atoms with Gasteiger partial charge in [0, 0.05) is 17.5 Å². The number of aromatic amines is 1. The minimum atomic E-state index is -0.424. The number of aryl methyl sites for hydroxylation is 1. The second-order valence-corrected chi connectivity index (χ2v) is 6.59. The molecule has 0 spiro atoms. The van der Waals surface area contributed by atoms with Gasteiger partial charge in [0.2, 0.25) is 0 Å². The van der Waals surface area contributed by atoms with Crippen LogP contribution in [0.2, 0.25) is 5.02 Å². The number of carbonyl (C=O) groups is 1. The molecule has 0 radical (unpaired) electrons. The Labute approximate surface area is 165 Å². The van der Waals surface area contributed by atoms with Crippen LogP contribution in [0.3, 0.4) is 0 Å². The fourth-order valence-electron chi connectivity index (χ4n) is 2.98. The van der Waals surface area contributed by atoms with Gasteiger partial charge in [-0.3, -0.25) is 9.36 Å². The summed E-state index contributed by atoms with van der Waals surface area (Å²) in [4.78, 5) is 27.4.